The first kappa shape index (κ1) is 37.2. The Morgan fingerprint density at radius 3 is 2.06 bits per heavy atom. The third-order valence-electron chi connectivity index (χ3n) is 10.1. The Balaban J connectivity index is 0.00000468. The first-order chi connectivity index (χ1) is 22.3. The number of aromatic nitrogens is 2. The van der Waals surface area contributed by atoms with Crippen molar-refractivity contribution in [3.63, 3.8) is 0 Å². The molecule has 3 aromatic carbocycles. The molecule has 0 unspecified atom stereocenters. The predicted molar refractivity (Wildman–Crippen MR) is 207 cm³/mol. The third-order valence-corrected chi connectivity index (χ3v) is 10.6. The zero-order valence-corrected chi connectivity index (χ0v) is 34.6. The number of rotatable bonds is 4. The summed E-state index contributed by atoms with van der Waals surface area (Å²) in [4.78, 5) is 13.6. The molecule has 0 bridgehead atoms. The molecule has 0 spiro atoms. The summed E-state index contributed by atoms with van der Waals surface area (Å²) >= 11 is 6.23. The Labute approximate surface area is 315 Å². The van der Waals surface area contributed by atoms with Gasteiger partial charge in [-0.3, -0.25) is 4.98 Å². The van der Waals surface area contributed by atoms with Gasteiger partial charge in [-0.15, -0.1) is 28.2 Å². The Hall–Kier alpha value is -3.07. The first-order valence-corrected chi connectivity index (χ1v) is 17.9. The summed E-state index contributed by atoms with van der Waals surface area (Å²) in [5.74, 6) is 1.56. The van der Waals surface area contributed by atoms with Crippen LogP contribution in [0.25, 0.3) is 22.2 Å². The average Bonchev–Trinajstić information content (AvgIpc) is 2.99. The van der Waals surface area contributed by atoms with Crippen molar-refractivity contribution in [1.29, 1.82) is 0 Å². The smallest absolute Gasteiger partial charge is 0.777 e. The van der Waals surface area contributed by atoms with Crippen LogP contribution in [0.5, 0.6) is 0 Å². The summed E-state index contributed by atoms with van der Waals surface area (Å²) < 4.78 is 0. The molecule has 0 aliphatic carbocycles. The van der Waals surface area contributed by atoms with Crippen LogP contribution in [0.1, 0.15) is 134 Å². The fourth-order valence-electron chi connectivity index (χ4n) is 7.25. The maximum absolute atomic E-state index is 6.23. The van der Waals surface area contributed by atoms with Crippen molar-refractivity contribution in [3.8, 4) is 11.3 Å². The van der Waals surface area contributed by atoms with E-state index in [1.165, 1.54) is 39.1 Å². The number of benzene rings is 3. The molecular formula is C44H51N3PtS. The minimum atomic E-state index is -0.248. The second kappa shape index (κ2) is 12.9. The predicted octanol–water partition coefficient (Wildman–Crippen LogP) is 12.3. The molecule has 2 aromatic heterocycles. The van der Waals surface area contributed by atoms with E-state index in [1.54, 1.807) is 0 Å². The topological polar surface area (TPSA) is 29.0 Å². The Bertz CT molecular complexity index is 2060. The van der Waals surface area contributed by atoms with E-state index < -0.39 is 0 Å². The minimum absolute atomic E-state index is 0. The molecule has 1 aliphatic heterocycles. The second-order valence-electron chi connectivity index (χ2n) is 17.0. The van der Waals surface area contributed by atoms with Crippen LogP contribution in [0.3, 0.4) is 0 Å². The van der Waals surface area contributed by atoms with Gasteiger partial charge in [0.15, 0.2) is 0 Å². The Kier molecular flexibility index (Phi) is 9.80. The summed E-state index contributed by atoms with van der Waals surface area (Å²) in [7, 11) is 0. The summed E-state index contributed by atoms with van der Waals surface area (Å²) in [6, 6.07) is 24.4. The second-order valence-corrected chi connectivity index (χ2v) is 17.4. The molecule has 3 heterocycles. The first-order valence-electron chi connectivity index (χ1n) is 17.4. The fourth-order valence-corrected chi connectivity index (χ4v) is 7.78. The van der Waals surface area contributed by atoms with Gasteiger partial charge in [0.25, 0.3) is 0 Å². The zero-order valence-electron chi connectivity index (χ0n) is 31.5. The van der Waals surface area contributed by atoms with Crippen molar-refractivity contribution in [2.75, 3.05) is 4.90 Å². The van der Waals surface area contributed by atoms with Crippen molar-refractivity contribution in [3.05, 3.63) is 106 Å². The molecule has 0 amide bonds. The van der Waals surface area contributed by atoms with E-state index in [9.17, 15) is 0 Å². The van der Waals surface area contributed by atoms with Crippen molar-refractivity contribution in [2.24, 2.45) is 0 Å². The molecule has 1 aliphatic rings. The van der Waals surface area contributed by atoms with E-state index in [1.807, 2.05) is 6.20 Å². The van der Waals surface area contributed by atoms with Crippen molar-refractivity contribution in [1.82, 2.24) is 9.97 Å². The molecule has 49 heavy (non-hydrogen) atoms. The van der Waals surface area contributed by atoms with E-state index >= 15 is 0 Å². The van der Waals surface area contributed by atoms with E-state index in [4.69, 9.17) is 22.6 Å². The van der Waals surface area contributed by atoms with Crippen molar-refractivity contribution >= 4 is 40.7 Å². The molecule has 0 saturated carbocycles. The molecule has 0 radical (unpaired) electrons. The van der Waals surface area contributed by atoms with E-state index in [-0.39, 0.29) is 43.2 Å². The number of anilines is 3. The largest absolute Gasteiger partial charge is 2.00 e. The van der Waals surface area contributed by atoms with E-state index in [0.717, 1.165) is 44.1 Å². The fraction of sp³-hybridized carbons (Fsp3) is 0.409. The SMILES string of the molecule is Cc1ccnc(N2c3[c-]c(-c4cc(C(C)(C)C)c5ccc(C(C)(C)C)c([S-])c5n4)c(C(C)C)cc3C(C)(C)c3ccc(C(C)C)cc32)c1.[Pt+2]. The maximum Gasteiger partial charge on any atom is 2.00 e. The van der Waals surface area contributed by atoms with Gasteiger partial charge < -0.3 is 17.5 Å². The van der Waals surface area contributed by atoms with Crippen LogP contribution in [0.2, 0.25) is 0 Å². The molecule has 3 nitrogen and oxygen atoms in total. The molecule has 5 aromatic rings. The molecule has 0 N–H and O–H groups in total. The standard InChI is InChI=1S/C44H52N3S.Pt/c1-25(2)28-14-16-32-37(21-28)47(39-20-27(5)18-19-45-39)38-23-31(30(26(3)4)22-35(38)44(32,12)13)36-24-34(43(9,10)11)29-15-17-33(42(6,7)8)41(48)40(29)46-36;/h14-22,24-26,48H,1-13H3;/q-1;+2/p-1. The summed E-state index contributed by atoms with van der Waals surface area (Å²) in [6.45, 7) is 29.4. The van der Waals surface area contributed by atoms with Gasteiger partial charge in [0.05, 0.1) is 0 Å². The van der Waals surface area contributed by atoms with Crippen LogP contribution in [0.15, 0.2) is 65.7 Å². The van der Waals surface area contributed by atoms with Gasteiger partial charge in [0.2, 0.25) is 0 Å². The molecule has 258 valence electrons. The minimum Gasteiger partial charge on any atom is -0.777 e. The maximum atomic E-state index is 6.23. The third kappa shape index (κ3) is 6.49. The van der Waals surface area contributed by atoms with Crippen molar-refractivity contribution in [2.45, 2.75) is 123 Å². The van der Waals surface area contributed by atoms with Crippen molar-refractivity contribution < 1.29 is 21.1 Å². The van der Waals surface area contributed by atoms with Crippen LogP contribution in [0.4, 0.5) is 17.2 Å². The van der Waals surface area contributed by atoms with Crippen LogP contribution in [-0.2, 0) is 49.9 Å². The van der Waals surface area contributed by atoms with Crippen LogP contribution in [-0.4, -0.2) is 9.97 Å². The van der Waals surface area contributed by atoms with Gasteiger partial charge in [0.1, 0.15) is 5.82 Å². The zero-order chi connectivity index (χ0) is 35.1. The molecule has 0 atom stereocenters. The number of hydrogen-bond acceptors (Lipinski definition) is 4. The Morgan fingerprint density at radius 1 is 0.796 bits per heavy atom. The van der Waals surface area contributed by atoms with Gasteiger partial charge in [-0.05, 0) is 80.9 Å². The van der Waals surface area contributed by atoms with E-state index in [2.05, 4.69) is 156 Å². The molecule has 5 heteroatoms. The van der Waals surface area contributed by atoms with Gasteiger partial charge in [-0.2, -0.15) is 0 Å². The molecule has 0 saturated heterocycles. The van der Waals surface area contributed by atoms with Gasteiger partial charge in [-0.25, -0.2) is 4.98 Å². The number of pyridine rings is 2. The molecular weight excluding hydrogens is 798 g/mol. The van der Waals surface area contributed by atoms with E-state index in [0.29, 0.717) is 5.92 Å². The number of nitrogens with zero attached hydrogens (tertiary/aromatic N) is 3. The summed E-state index contributed by atoms with van der Waals surface area (Å²) in [5.41, 5.74) is 13.3. The Morgan fingerprint density at radius 2 is 1.47 bits per heavy atom. The van der Waals surface area contributed by atoms with Crippen LogP contribution >= 0.6 is 0 Å². The number of fused-ring (bicyclic) bond motifs is 3. The quantitative estimate of drug-likeness (QED) is 0.133. The molecule has 6 rings (SSSR count). The average molecular weight is 849 g/mol. The number of aryl methyl sites for hydroxylation is 1. The van der Waals surface area contributed by atoms with Gasteiger partial charge >= 0.3 is 21.1 Å². The van der Waals surface area contributed by atoms with Crippen LogP contribution < -0.4 is 4.90 Å². The monoisotopic (exact) mass is 848 g/mol. The summed E-state index contributed by atoms with van der Waals surface area (Å²) in [6.07, 6.45) is 1.91. The normalized spacial score (nSPS) is 14.2. The molecule has 0 fully saturated rings. The number of hydrogen-bond donors (Lipinski definition) is 0. The van der Waals surface area contributed by atoms with Gasteiger partial charge in [-0.1, -0.05) is 130 Å². The van der Waals surface area contributed by atoms with Crippen LogP contribution in [0, 0.1) is 13.0 Å². The summed E-state index contributed by atoms with van der Waals surface area (Å²) in [5, 5.41) is 1.13. The van der Waals surface area contributed by atoms with Gasteiger partial charge in [0, 0.05) is 22.8 Å².